The number of amides is 2. The Morgan fingerprint density at radius 2 is 2.21 bits per heavy atom. The number of hydrogen-bond donors (Lipinski definition) is 2. The summed E-state index contributed by atoms with van der Waals surface area (Å²) < 4.78 is 7.15. The van der Waals surface area contributed by atoms with Gasteiger partial charge in [0.15, 0.2) is 0 Å². The van der Waals surface area contributed by atoms with E-state index >= 15 is 0 Å². The maximum atomic E-state index is 12.0. The van der Waals surface area contributed by atoms with Crippen LogP contribution in [-0.2, 0) is 6.54 Å². The second kappa shape index (κ2) is 7.60. The number of thiophene rings is 1. The quantitative estimate of drug-likeness (QED) is 0.721. The van der Waals surface area contributed by atoms with Crippen LogP contribution in [0.1, 0.15) is 12.6 Å². The van der Waals surface area contributed by atoms with Crippen LogP contribution in [-0.4, -0.2) is 27.6 Å². The van der Waals surface area contributed by atoms with E-state index in [1.165, 1.54) is 0 Å². The molecule has 2 N–H and O–H groups in total. The molecule has 0 aliphatic rings. The normalized spacial score (nSPS) is 10.4. The third kappa shape index (κ3) is 3.90. The van der Waals surface area contributed by atoms with Crippen molar-refractivity contribution in [3.63, 3.8) is 0 Å². The van der Waals surface area contributed by atoms with Crippen molar-refractivity contribution in [2.24, 2.45) is 0 Å². The van der Waals surface area contributed by atoms with E-state index in [0.29, 0.717) is 23.7 Å². The molecule has 0 saturated heterocycles. The fourth-order valence-electron chi connectivity index (χ4n) is 2.08. The van der Waals surface area contributed by atoms with Crippen LogP contribution >= 0.6 is 11.3 Å². The third-order valence-corrected chi connectivity index (χ3v) is 3.85. The fourth-order valence-corrected chi connectivity index (χ4v) is 2.70. The van der Waals surface area contributed by atoms with E-state index in [-0.39, 0.29) is 12.6 Å². The molecule has 24 heavy (non-hydrogen) atoms. The maximum absolute atomic E-state index is 12.0. The van der Waals surface area contributed by atoms with Crippen molar-refractivity contribution in [2.45, 2.75) is 13.5 Å². The van der Waals surface area contributed by atoms with Crippen molar-refractivity contribution >= 4 is 23.1 Å². The predicted molar refractivity (Wildman–Crippen MR) is 92.7 cm³/mol. The SMILES string of the molecule is CCOc1ccccc1NC(=O)NCc1cn(-c2ccsc2)nn1. The van der Waals surface area contributed by atoms with Crippen molar-refractivity contribution in [3.05, 3.63) is 53.0 Å². The molecule has 124 valence electrons. The number of hydrogen-bond acceptors (Lipinski definition) is 5. The van der Waals surface area contributed by atoms with Crippen LogP contribution in [0.2, 0.25) is 0 Å². The van der Waals surface area contributed by atoms with E-state index < -0.39 is 0 Å². The number of carbonyl (C=O) groups is 1. The summed E-state index contributed by atoms with van der Waals surface area (Å²) in [6.45, 7) is 2.71. The number of carbonyl (C=O) groups excluding carboxylic acids is 1. The molecule has 7 nitrogen and oxygen atoms in total. The first-order valence-electron chi connectivity index (χ1n) is 7.46. The highest BCUT2D eigenvalue weighted by Gasteiger charge is 2.08. The number of benzene rings is 1. The molecule has 0 fully saturated rings. The number of para-hydroxylation sites is 2. The number of aromatic nitrogens is 3. The number of nitrogens with zero attached hydrogens (tertiary/aromatic N) is 3. The van der Waals surface area contributed by atoms with Crippen LogP contribution < -0.4 is 15.4 Å². The van der Waals surface area contributed by atoms with E-state index in [0.717, 1.165) is 5.69 Å². The Hall–Kier alpha value is -2.87. The first-order chi connectivity index (χ1) is 11.8. The van der Waals surface area contributed by atoms with Crippen molar-refractivity contribution in [1.82, 2.24) is 20.3 Å². The molecule has 1 aromatic carbocycles. The van der Waals surface area contributed by atoms with Gasteiger partial charge in [-0.1, -0.05) is 17.3 Å². The number of urea groups is 1. The summed E-state index contributed by atoms with van der Waals surface area (Å²) in [5, 5.41) is 17.6. The summed E-state index contributed by atoms with van der Waals surface area (Å²) in [6, 6.07) is 8.92. The van der Waals surface area contributed by atoms with Gasteiger partial charge < -0.3 is 15.4 Å². The summed E-state index contributed by atoms with van der Waals surface area (Å²) >= 11 is 1.59. The molecular formula is C16H17N5O2S. The maximum Gasteiger partial charge on any atom is 0.319 e. The van der Waals surface area contributed by atoms with E-state index in [9.17, 15) is 4.79 Å². The van der Waals surface area contributed by atoms with E-state index in [4.69, 9.17) is 4.74 Å². The van der Waals surface area contributed by atoms with Gasteiger partial charge in [0.2, 0.25) is 0 Å². The van der Waals surface area contributed by atoms with E-state index in [1.54, 1.807) is 28.3 Å². The zero-order valence-corrected chi connectivity index (χ0v) is 13.9. The average molecular weight is 343 g/mol. The van der Waals surface area contributed by atoms with Crippen LogP contribution in [0.15, 0.2) is 47.3 Å². The molecule has 3 rings (SSSR count). The highest BCUT2D eigenvalue weighted by atomic mass is 32.1. The summed E-state index contributed by atoms with van der Waals surface area (Å²) in [5.41, 5.74) is 2.25. The summed E-state index contributed by atoms with van der Waals surface area (Å²) in [7, 11) is 0. The molecule has 0 bridgehead atoms. The number of rotatable bonds is 6. The lowest BCUT2D eigenvalue weighted by Gasteiger charge is -2.11. The van der Waals surface area contributed by atoms with Gasteiger partial charge in [-0.2, -0.15) is 11.3 Å². The van der Waals surface area contributed by atoms with Crippen molar-refractivity contribution in [1.29, 1.82) is 0 Å². The molecule has 0 spiro atoms. The lowest BCUT2D eigenvalue weighted by Crippen LogP contribution is -2.28. The first kappa shape index (κ1) is 16.0. The van der Waals surface area contributed by atoms with Crippen LogP contribution in [0, 0.1) is 0 Å². The van der Waals surface area contributed by atoms with Gasteiger partial charge in [0.25, 0.3) is 0 Å². The molecule has 8 heteroatoms. The Balaban J connectivity index is 1.56. The Labute approximate surface area is 143 Å². The molecule has 0 saturated carbocycles. The molecule has 2 heterocycles. The molecule has 0 atom stereocenters. The van der Waals surface area contributed by atoms with Gasteiger partial charge in [0.1, 0.15) is 11.4 Å². The van der Waals surface area contributed by atoms with Gasteiger partial charge in [-0.05, 0) is 30.5 Å². The van der Waals surface area contributed by atoms with Crippen molar-refractivity contribution in [3.8, 4) is 11.4 Å². The molecule has 2 aromatic heterocycles. The standard InChI is InChI=1S/C16H17N5O2S/c1-2-23-15-6-4-3-5-14(15)18-16(22)17-9-12-10-21(20-19-12)13-7-8-24-11-13/h3-8,10-11H,2,9H2,1H3,(H2,17,18,22). The van der Waals surface area contributed by atoms with Crippen LogP contribution in [0.4, 0.5) is 10.5 Å². The number of ether oxygens (including phenoxy) is 1. The Kier molecular flexibility index (Phi) is 5.07. The van der Waals surface area contributed by atoms with E-state index in [1.807, 2.05) is 41.9 Å². The highest BCUT2D eigenvalue weighted by molar-refractivity contribution is 7.08. The number of nitrogens with one attached hydrogen (secondary N) is 2. The van der Waals surface area contributed by atoms with Crippen molar-refractivity contribution < 1.29 is 9.53 Å². The first-order valence-corrected chi connectivity index (χ1v) is 8.41. The minimum absolute atomic E-state index is 0.284. The lowest BCUT2D eigenvalue weighted by molar-refractivity contribution is 0.251. The monoisotopic (exact) mass is 343 g/mol. The van der Waals surface area contributed by atoms with Gasteiger partial charge in [-0.25, -0.2) is 9.48 Å². The summed E-state index contributed by atoms with van der Waals surface area (Å²) in [5.74, 6) is 0.638. The van der Waals surface area contributed by atoms with Gasteiger partial charge >= 0.3 is 6.03 Å². The minimum atomic E-state index is -0.327. The minimum Gasteiger partial charge on any atom is -0.492 e. The van der Waals surface area contributed by atoms with Crippen LogP contribution in [0.25, 0.3) is 5.69 Å². The van der Waals surface area contributed by atoms with Crippen molar-refractivity contribution in [2.75, 3.05) is 11.9 Å². The molecule has 3 aromatic rings. The Morgan fingerprint density at radius 1 is 1.33 bits per heavy atom. The molecule has 0 aliphatic carbocycles. The Bertz CT molecular complexity index is 800. The largest absolute Gasteiger partial charge is 0.492 e. The third-order valence-electron chi connectivity index (χ3n) is 3.18. The summed E-state index contributed by atoms with van der Waals surface area (Å²) in [6.07, 6.45) is 1.79. The fraction of sp³-hybridized carbons (Fsp3) is 0.188. The number of anilines is 1. The van der Waals surface area contributed by atoms with Crippen LogP contribution in [0.3, 0.4) is 0 Å². The topological polar surface area (TPSA) is 81.1 Å². The highest BCUT2D eigenvalue weighted by Crippen LogP contribution is 2.23. The second-order valence-corrected chi connectivity index (χ2v) is 5.65. The van der Waals surface area contributed by atoms with E-state index in [2.05, 4.69) is 20.9 Å². The zero-order chi connectivity index (χ0) is 16.8. The smallest absolute Gasteiger partial charge is 0.319 e. The zero-order valence-electron chi connectivity index (χ0n) is 13.1. The van der Waals surface area contributed by atoms with Gasteiger partial charge in [-0.3, -0.25) is 0 Å². The van der Waals surface area contributed by atoms with Gasteiger partial charge in [-0.15, -0.1) is 5.10 Å². The van der Waals surface area contributed by atoms with Gasteiger partial charge in [0, 0.05) is 5.38 Å². The molecule has 0 unspecified atom stereocenters. The van der Waals surface area contributed by atoms with Crippen LogP contribution in [0.5, 0.6) is 5.75 Å². The molecule has 0 radical (unpaired) electrons. The second-order valence-electron chi connectivity index (χ2n) is 4.87. The average Bonchev–Trinajstić information content (AvgIpc) is 3.26. The van der Waals surface area contributed by atoms with Gasteiger partial charge in [0.05, 0.1) is 30.7 Å². The molecule has 0 aliphatic heterocycles. The molecule has 2 amide bonds. The predicted octanol–water partition coefficient (Wildman–Crippen LogP) is 3.05. The lowest BCUT2D eigenvalue weighted by atomic mass is 10.3. The Morgan fingerprint density at radius 3 is 3.00 bits per heavy atom. The molecular weight excluding hydrogens is 326 g/mol. The summed E-state index contributed by atoms with van der Waals surface area (Å²) in [4.78, 5) is 12.0.